The zero-order valence-electron chi connectivity index (χ0n) is 14.9. The highest BCUT2D eigenvalue weighted by Gasteiger charge is 2.28. The lowest BCUT2D eigenvalue weighted by molar-refractivity contribution is 0.0729. The van der Waals surface area contributed by atoms with E-state index in [2.05, 4.69) is 29.7 Å². The van der Waals surface area contributed by atoms with Crippen LogP contribution in [-0.2, 0) is 0 Å². The van der Waals surface area contributed by atoms with E-state index in [1.165, 1.54) is 0 Å². The lowest BCUT2D eigenvalue weighted by Crippen LogP contribution is -2.52. The summed E-state index contributed by atoms with van der Waals surface area (Å²) in [6, 6.07) is 20.3. The molecule has 0 spiro atoms. The van der Waals surface area contributed by atoms with Gasteiger partial charge in [0.2, 0.25) is 0 Å². The van der Waals surface area contributed by atoms with Crippen molar-refractivity contribution in [2.75, 3.05) is 26.2 Å². The van der Waals surface area contributed by atoms with E-state index in [-0.39, 0.29) is 6.04 Å². The van der Waals surface area contributed by atoms with Crippen LogP contribution in [-0.4, -0.2) is 42.0 Å². The Labute approximate surface area is 150 Å². The zero-order valence-corrected chi connectivity index (χ0v) is 14.9. The molecule has 2 aromatic carbocycles. The molecule has 2 unspecified atom stereocenters. The molecule has 0 aliphatic carbocycles. The Kier molecular flexibility index (Phi) is 5.70. The molecule has 0 aromatic heterocycles. The molecule has 130 valence electrons. The van der Waals surface area contributed by atoms with Crippen LogP contribution >= 0.6 is 0 Å². The molecular formula is C21H25N3O. The van der Waals surface area contributed by atoms with Crippen molar-refractivity contribution in [1.82, 2.24) is 9.80 Å². The van der Waals surface area contributed by atoms with Gasteiger partial charge in [0, 0.05) is 25.7 Å². The monoisotopic (exact) mass is 335 g/mol. The smallest absolute Gasteiger partial charge is 0.127 e. The van der Waals surface area contributed by atoms with Gasteiger partial charge in [-0.3, -0.25) is 9.80 Å². The Morgan fingerprint density at radius 3 is 2.56 bits per heavy atom. The lowest BCUT2D eigenvalue weighted by atomic mass is 10.0. The van der Waals surface area contributed by atoms with E-state index in [0.29, 0.717) is 6.04 Å². The number of nitriles is 1. The summed E-state index contributed by atoms with van der Waals surface area (Å²) in [4.78, 5) is 4.73. The van der Waals surface area contributed by atoms with Crippen LogP contribution in [0.25, 0.3) is 0 Å². The maximum absolute atomic E-state index is 9.78. The molecule has 1 fully saturated rings. The number of likely N-dealkylation sites (N-methyl/N-ethyl adjacent to an activating group) is 1. The van der Waals surface area contributed by atoms with E-state index < -0.39 is 0 Å². The van der Waals surface area contributed by atoms with Crippen molar-refractivity contribution in [3.8, 4) is 17.6 Å². The highest BCUT2D eigenvalue weighted by Crippen LogP contribution is 2.28. The SMILES string of the molecule is CCN1CCN(C(C#N)c2cccc(Oc3ccccc3)c2)CC1C. The first-order valence-electron chi connectivity index (χ1n) is 8.92. The number of ether oxygens (including phenoxy) is 1. The second-order valence-electron chi connectivity index (χ2n) is 6.49. The van der Waals surface area contributed by atoms with Crippen LogP contribution < -0.4 is 4.74 Å². The van der Waals surface area contributed by atoms with Crippen LogP contribution in [0.2, 0.25) is 0 Å². The van der Waals surface area contributed by atoms with Gasteiger partial charge in [-0.05, 0) is 43.3 Å². The molecule has 2 atom stereocenters. The molecular weight excluding hydrogens is 310 g/mol. The van der Waals surface area contributed by atoms with E-state index in [1.54, 1.807) is 0 Å². The van der Waals surface area contributed by atoms with Crippen LogP contribution in [0, 0.1) is 11.3 Å². The fourth-order valence-corrected chi connectivity index (χ4v) is 3.47. The predicted molar refractivity (Wildman–Crippen MR) is 99.6 cm³/mol. The van der Waals surface area contributed by atoms with E-state index in [9.17, 15) is 5.26 Å². The summed E-state index contributed by atoms with van der Waals surface area (Å²) in [5, 5.41) is 9.78. The standard InChI is InChI=1S/C21H25N3O/c1-3-23-12-13-24(16-17(23)2)21(15-22)18-8-7-11-20(14-18)25-19-9-5-4-6-10-19/h4-11,14,17,21H,3,12-13,16H2,1-2H3. The maximum atomic E-state index is 9.78. The first kappa shape index (κ1) is 17.5. The van der Waals surface area contributed by atoms with Crippen LogP contribution in [0.5, 0.6) is 11.5 Å². The Bertz CT molecular complexity index is 725. The minimum atomic E-state index is -0.235. The predicted octanol–water partition coefficient (Wildman–Crippen LogP) is 4.07. The zero-order chi connectivity index (χ0) is 17.6. The van der Waals surface area contributed by atoms with E-state index >= 15 is 0 Å². The summed E-state index contributed by atoms with van der Waals surface area (Å²) in [5.41, 5.74) is 0.994. The largest absolute Gasteiger partial charge is 0.457 e. The fourth-order valence-electron chi connectivity index (χ4n) is 3.47. The van der Waals surface area contributed by atoms with Gasteiger partial charge in [0.15, 0.2) is 0 Å². The van der Waals surface area contributed by atoms with Crippen molar-refractivity contribution in [1.29, 1.82) is 5.26 Å². The summed E-state index contributed by atoms with van der Waals surface area (Å²) in [6.07, 6.45) is 0. The van der Waals surface area contributed by atoms with Gasteiger partial charge in [-0.25, -0.2) is 0 Å². The van der Waals surface area contributed by atoms with Crippen LogP contribution in [0.3, 0.4) is 0 Å². The summed E-state index contributed by atoms with van der Waals surface area (Å²) >= 11 is 0. The van der Waals surface area contributed by atoms with Gasteiger partial charge < -0.3 is 4.74 Å². The molecule has 4 heteroatoms. The molecule has 0 saturated carbocycles. The van der Waals surface area contributed by atoms with E-state index in [0.717, 1.165) is 43.2 Å². The molecule has 0 bridgehead atoms. The molecule has 25 heavy (non-hydrogen) atoms. The Morgan fingerprint density at radius 1 is 1.12 bits per heavy atom. The van der Waals surface area contributed by atoms with Gasteiger partial charge >= 0.3 is 0 Å². The first-order valence-corrected chi connectivity index (χ1v) is 8.92. The molecule has 2 aromatic rings. The van der Waals surface area contributed by atoms with Gasteiger partial charge in [0.25, 0.3) is 0 Å². The van der Waals surface area contributed by atoms with Gasteiger partial charge in [0.1, 0.15) is 17.5 Å². The average Bonchev–Trinajstić information content (AvgIpc) is 2.64. The summed E-state index contributed by atoms with van der Waals surface area (Å²) in [7, 11) is 0. The second-order valence-corrected chi connectivity index (χ2v) is 6.49. The number of nitrogens with zero attached hydrogens (tertiary/aromatic N) is 3. The molecule has 4 nitrogen and oxygen atoms in total. The number of para-hydroxylation sites is 1. The number of rotatable bonds is 5. The number of hydrogen-bond donors (Lipinski definition) is 0. The highest BCUT2D eigenvalue weighted by atomic mass is 16.5. The number of hydrogen-bond acceptors (Lipinski definition) is 4. The third-order valence-corrected chi connectivity index (χ3v) is 4.84. The molecule has 1 heterocycles. The van der Waals surface area contributed by atoms with Gasteiger partial charge in [-0.1, -0.05) is 37.3 Å². The van der Waals surface area contributed by atoms with Gasteiger partial charge in [-0.2, -0.15) is 5.26 Å². The Balaban J connectivity index is 1.75. The van der Waals surface area contributed by atoms with Gasteiger partial charge in [0.05, 0.1) is 6.07 Å². The minimum absolute atomic E-state index is 0.235. The number of benzene rings is 2. The molecule has 0 radical (unpaired) electrons. The van der Waals surface area contributed by atoms with Crippen molar-refractivity contribution >= 4 is 0 Å². The molecule has 0 N–H and O–H groups in total. The third-order valence-electron chi connectivity index (χ3n) is 4.84. The highest BCUT2D eigenvalue weighted by molar-refractivity contribution is 5.36. The average molecular weight is 335 g/mol. The molecule has 1 saturated heterocycles. The Morgan fingerprint density at radius 2 is 1.88 bits per heavy atom. The fraction of sp³-hybridized carbons (Fsp3) is 0.381. The molecule has 3 rings (SSSR count). The van der Waals surface area contributed by atoms with Crippen molar-refractivity contribution < 1.29 is 4.74 Å². The summed E-state index contributed by atoms with van der Waals surface area (Å²) in [6.45, 7) is 8.33. The molecule has 0 amide bonds. The Hall–Kier alpha value is -2.35. The van der Waals surface area contributed by atoms with Crippen LogP contribution in [0.1, 0.15) is 25.5 Å². The van der Waals surface area contributed by atoms with E-state index in [1.807, 2.05) is 54.6 Å². The summed E-state index contributed by atoms with van der Waals surface area (Å²) < 4.78 is 5.92. The van der Waals surface area contributed by atoms with Gasteiger partial charge in [-0.15, -0.1) is 0 Å². The molecule has 1 aliphatic heterocycles. The van der Waals surface area contributed by atoms with Crippen molar-refractivity contribution in [3.63, 3.8) is 0 Å². The lowest BCUT2D eigenvalue weighted by Gasteiger charge is -2.41. The normalized spacial score (nSPS) is 20.0. The minimum Gasteiger partial charge on any atom is -0.457 e. The van der Waals surface area contributed by atoms with Crippen molar-refractivity contribution in [2.45, 2.75) is 25.9 Å². The number of piperazine rings is 1. The topological polar surface area (TPSA) is 39.5 Å². The summed E-state index contributed by atoms with van der Waals surface area (Å²) in [5.74, 6) is 1.57. The molecule has 1 aliphatic rings. The third kappa shape index (κ3) is 4.19. The quantitative estimate of drug-likeness (QED) is 0.826. The van der Waals surface area contributed by atoms with E-state index in [4.69, 9.17) is 4.74 Å². The van der Waals surface area contributed by atoms with Crippen LogP contribution in [0.15, 0.2) is 54.6 Å². The van der Waals surface area contributed by atoms with Crippen LogP contribution in [0.4, 0.5) is 0 Å². The van der Waals surface area contributed by atoms with Crippen molar-refractivity contribution in [3.05, 3.63) is 60.2 Å². The second kappa shape index (κ2) is 8.15. The maximum Gasteiger partial charge on any atom is 0.127 e. The first-order chi connectivity index (χ1) is 12.2. The van der Waals surface area contributed by atoms with Crippen molar-refractivity contribution in [2.24, 2.45) is 0 Å².